The summed E-state index contributed by atoms with van der Waals surface area (Å²) in [5.74, 6) is 2.84. The van der Waals surface area contributed by atoms with Crippen LogP contribution >= 0.6 is 11.8 Å². The molecule has 0 amide bonds. The van der Waals surface area contributed by atoms with Crippen molar-refractivity contribution in [2.24, 2.45) is 0 Å². The number of aliphatic hydroxyl groups is 1. The van der Waals surface area contributed by atoms with Gasteiger partial charge in [0.15, 0.2) is 0 Å². The van der Waals surface area contributed by atoms with E-state index >= 15 is 0 Å². The Morgan fingerprint density at radius 3 is 3.11 bits per heavy atom. The van der Waals surface area contributed by atoms with Gasteiger partial charge in [0.25, 0.3) is 0 Å². The van der Waals surface area contributed by atoms with Crippen molar-refractivity contribution in [2.75, 3.05) is 24.7 Å². The van der Waals surface area contributed by atoms with Crippen LogP contribution in [0.4, 0.5) is 0 Å². The van der Waals surface area contributed by atoms with Crippen molar-refractivity contribution in [3.63, 3.8) is 0 Å². The van der Waals surface area contributed by atoms with Crippen LogP contribution in [0.1, 0.15) is 12.0 Å². The van der Waals surface area contributed by atoms with Crippen molar-refractivity contribution in [3.8, 4) is 11.8 Å². The van der Waals surface area contributed by atoms with Gasteiger partial charge in [-0.05, 0) is 24.3 Å². The van der Waals surface area contributed by atoms with E-state index in [0.29, 0.717) is 23.9 Å². The molecule has 1 saturated heterocycles. The summed E-state index contributed by atoms with van der Waals surface area (Å²) in [4.78, 5) is 0. The zero-order valence-electron chi connectivity index (χ0n) is 10.7. The molecule has 1 aliphatic heterocycles. The molecule has 1 heterocycles. The number of para-hydroxylation sites is 1. The molecule has 0 aromatic heterocycles. The molecule has 0 radical (unpaired) electrons. The molecule has 2 rings (SSSR count). The lowest BCUT2D eigenvalue weighted by Crippen LogP contribution is -2.38. The van der Waals surface area contributed by atoms with E-state index in [9.17, 15) is 5.11 Å². The van der Waals surface area contributed by atoms with Crippen LogP contribution in [0.5, 0.6) is 5.75 Å². The number of nitrogens with zero attached hydrogens (tertiary/aromatic N) is 1. The highest BCUT2D eigenvalue weighted by Crippen LogP contribution is 2.18. The lowest BCUT2D eigenvalue weighted by Gasteiger charge is -2.16. The largest absolute Gasteiger partial charge is 0.489 e. The molecule has 2 N–H and O–H groups in total. The van der Waals surface area contributed by atoms with Gasteiger partial charge in [-0.25, -0.2) is 0 Å². The number of ether oxygens (including phenoxy) is 1. The van der Waals surface area contributed by atoms with Crippen molar-refractivity contribution in [1.29, 1.82) is 5.26 Å². The standard InChI is InChI=1S/C14H18N2O2S/c15-7-11-3-1-2-4-14(11)18-9-13(17)8-16-12-5-6-19-10-12/h1-4,12-13,16-17H,5-6,8-10H2. The molecular formula is C14H18N2O2S. The highest BCUT2D eigenvalue weighted by atomic mass is 32.2. The number of benzene rings is 1. The average molecular weight is 278 g/mol. The fourth-order valence-corrected chi connectivity index (χ4v) is 3.11. The minimum Gasteiger partial charge on any atom is -0.489 e. The molecule has 1 aromatic carbocycles. The fourth-order valence-electron chi connectivity index (χ4n) is 1.93. The lowest BCUT2D eigenvalue weighted by atomic mass is 10.2. The van der Waals surface area contributed by atoms with Gasteiger partial charge in [-0.15, -0.1) is 0 Å². The Labute approximate surface area is 117 Å². The second-order valence-electron chi connectivity index (χ2n) is 4.54. The van der Waals surface area contributed by atoms with E-state index in [2.05, 4.69) is 11.4 Å². The molecule has 5 heteroatoms. The van der Waals surface area contributed by atoms with Crippen LogP contribution in [0.25, 0.3) is 0 Å². The van der Waals surface area contributed by atoms with Gasteiger partial charge in [0.1, 0.15) is 24.5 Å². The van der Waals surface area contributed by atoms with Crippen LogP contribution in [0, 0.1) is 11.3 Å². The molecule has 1 aromatic rings. The Morgan fingerprint density at radius 2 is 2.37 bits per heavy atom. The molecule has 19 heavy (non-hydrogen) atoms. The van der Waals surface area contributed by atoms with Crippen LogP contribution in [-0.2, 0) is 0 Å². The predicted molar refractivity (Wildman–Crippen MR) is 76.4 cm³/mol. The maximum atomic E-state index is 9.86. The Bertz CT molecular complexity index is 441. The summed E-state index contributed by atoms with van der Waals surface area (Å²) in [6.07, 6.45) is 0.604. The van der Waals surface area contributed by atoms with E-state index in [-0.39, 0.29) is 6.61 Å². The molecule has 1 fully saturated rings. The number of aliphatic hydroxyl groups excluding tert-OH is 1. The zero-order valence-corrected chi connectivity index (χ0v) is 11.5. The van der Waals surface area contributed by atoms with E-state index in [1.165, 1.54) is 5.75 Å². The van der Waals surface area contributed by atoms with Crippen molar-refractivity contribution < 1.29 is 9.84 Å². The molecule has 4 nitrogen and oxygen atoms in total. The van der Waals surface area contributed by atoms with Crippen LogP contribution in [0.15, 0.2) is 24.3 Å². The van der Waals surface area contributed by atoms with Gasteiger partial charge in [-0.3, -0.25) is 0 Å². The molecular weight excluding hydrogens is 260 g/mol. The SMILES string of the molecule is N#Cc1ccccc1OCC(O)CNC1CCSC1. The summed E-state index contributed by atoms with van der Waals surface area (Å²) >= 11 is 1.94. The Balaban J connectivity index is 1.73. The van der Waals surface area contributed by atoms with E-state index in [1.807, 2.05) is 17.8 Å². The van der Waals surface area contributed by atoms with Gasteiger partial charge in [-0.2, -0.15) is 17.0 Å². The molecule has 0 aliphatic carbocycles. The topological polar surface area (TPSA) is 65.3 Å². The summed E-state index contributed by atoms with van der Waals surface area (Å²) < 4.78 is 5.49. The minimum atomic E-state index is -0.558. The monoisotopic (exact) mass is 278 g/mol. The first-order chi connectivity index (χ1) is 9.29. The van der Waals surface area contributed by atoms with Crippen LogP contribution in [0.2, 0.25) is 0 Å². The molecule has 1 aliphatic rings. The van der Waals surface area contributed by atoms with Crippen molar-refractivity contribution in [1.82, 2.24) is 5.32 Å². The van der Waals surface area contributed by atoms with Crippen molar-refractivity contribution >= 4 is 11.8 Å². The van der Waals surface area contributed by atoms with Gasteiger partial charge in [0, 0.05) is 18.3 Å². The highest BCUT2D eigenvalue weighted by molar-refractivity contribution is 7.99. The maximum absolute atomic E-state index is 9.86. The van der Waals surface area contributed by atoms with Gasteiger partial charge < -0.3 is 15.2 Å². The first kappa shape index (κ1) is 14.2. The smallest absolute Gasteiger partial charge is 0.137 e. The average Bonchev–Trinajstić information content (AvgIpc) is 2.96. The second-order valence-corrected chi connectivity index (χ2v) is 5.69. The first-order valence-corrected chi connectivity index (χ1v) is 7.56. The van der Waals surface area contributed by atoms with E-state index in [4.69, 9.17) is 10.00 Å². The molecule has 102 valence electrons. The molecule has 2 unspecified atom stereocenters. The van der Waals surface area contributed by atoms with Crippen molar-refractivity contribution in [3.05, 3.63) is 29.8 Å². The van der Waals surface area contributed by atoms with Crippen LogP contribution < -0.4 is 10.1 Å². The van der Waals surface area contributed by atoms with Gasteiger partial charge >= 0.3 is 0 Å². The third-order valence-electron chi connectivity index (χ3n) is 3.01. The lowest BCUT2D eigenvalue weighted by molar-refractivity contribution is 0.104. The van der Waals surface area contributed by atoms with Gasteiger partial charge in [0.2, 0.25) is 0 Å². The third kappa shape index (κ3) is 4.43. The Morgan fingerprint density at radius 1 is 1.53 bits per heavy atom. The van der Waals surface area contributed by atoms with E-state index in [1.54, 1.807) is 18.2 Å². The normalized spacial score (nSPS) is 19.9. The summed E-state index contributed by atoms with van der Waals surface area (Å²) in [5, 5.41) is 22.1. The number of rotatable bonds is 6. The van der Waals surface area contributed by atoms with E-state index in [0.717, 1.165) is 12.2 Å². The van der Waals surface area contributed by atoms with Crippen LogP contribution in [-0.4, -0.2) is 41.9 Å². The summed E-state index contributed by atoms with van der Waals surface area (Å²) in [7, 11) is 0. The predicted octanol–water partition coefficient (Wildman–Crippen LogP) is 1.39. The minimum absolute atomic E-state index is 0.200. The molecule has 0 bridgehead atoms. The third-order valence-corrected chi connectivity index (χ3v) is 4.17. The summed E-state index contributed by atoms with van der Waals surface area (Å²) in [6.45, 7) is 0.728. The second kappa shape index (κ2) is 7.39. The summed E-state index contributed by atoms with van der Waals surface area (Å²) in [5.41, 5.74) is 0.495. The van der Waals surface area contributed by atoms with Gasteiger partial charge in [0.05, 0.1) is 5.56 Å². The molecule has 2 atom stereocenters. The van der Waals surface area contributed by atoms with E-state index < -0.39 is 6.10 Å². The Hall–Kier alpha value is -1.22. The maximum Gasteiger partial charge on any atom is 0.137 e. The van der Waals surface area contributed by atoms with Crippen molar-refractivity contribution in [2.45, 2.75) is 18.6 Å². The number of nitriles is 1. The number of hydrogen-bond acceptors (Lipinski definition) is 5. The Kier molecular flexibility index (Phi) is 5.52. The fraction of sp³-hybridized carbons (Fsp3) is 0.500. The number of hydrogen-bond donors (Lipinski definition) is 2. The van der Waals surface area contributed by atoms with Crippen LogP contribution in [0.3, 0.4) is 0 Å². The number of thioether (sulfide) groups is 1. The molecule has 0 spiro atoms. The molecule has 0 saturated carbocycles. The highest BCUT2D eigenvalue weighted by Gasteiger charge is 2.16. The summed E-state index contributed by atoms with van der Waals surface area (Å²) in [6, 6.07) is 9.63. The number of nitrogens with one attached hydrogen (secondary N) is 1. The quantitative estimate of drug-likeness (QED) is 0.823. The van der Waals surface area contributed by atoms with Gasteiger partial charge in [-0.1, -0.05) is 12.1 Å². The zero-order chi connectivity index (χ0) is 13.5. The first-order valence-electron chi connectivity index (χ1n) is 6.40.